The minimum atomic E-state index is -3.51. The fourth-order valence-corrected chi connectivity index (χ4v) is 6.25. The molecule has 1 N–H and O–H groups in total. The molecule has 0 radical (unpaired) electrons. The molecule has 3 atom stereocenters. The first-order valence-electron chi connectivity index (χ1n) is 7.80. The van der Waals surface area contributed by atoms with Gasteiger partial charge in [0.15, 0.2) is 0 Å². The zero-order valence-corrected chi connectivity index (χ0v) is 15.2. The van der Waals surface area contributed by atoms with Gasteiger partial charge in [-0.25, -0.2) is 13.1 Å². The summed E-state index contributed by atoms with van der Waals surface area (Å²) < 4.78 is 53.9. The Hall–Kier alpha value is -0.220. The third-order valence-corrected chi connectivity index (χ3v) is 6.95. The molecule has 0 bridgehead atoms. The molecule has 2 rings (SSSR count). The van der Waals surface area contributed by atoms with Gasteiger partial charge in [-0.3, -0.25) is 0 Å². The largest absolute Gasteiger partial charge is 0.282 e. The average Bonchev–Trinajstić information content (AvgIpc) is 2.35. The number of hydrogen-bond donors (Lipinski definition) is 1. The van der Waals surface area contributed by atoms with Gasteiger partial charge in [-0.2, -0.15) is 17.0 Å². The van der Waals surface area contributed by atoms with Gasteiger partial charge in [0.25, 0.3) is 10.2 Å². The monoisotopic (exact) mass is 353 g/mol. The minimum absolute atomic E-state index is 0.217. The van der Waals surface area contributed by atoms with Crippen LogP contribution < -0.4 is 4.72 Å². The van der Waals surface area contributed by atoms with E-state index in [0.29, 0.717) is 44.3 Å². The molecule has 2 saturated heterocycles. The van der Waals surface area contributed by atoms with Gasteiger partial charge in [0.1, 0.15) is 0 Å². The highest BCUT2D eigenvalue weighted by atomic mass is 32.2. The van der Waals surface area contributed by atoms with Crippen molar-refractivity contribution in [3.63, 3.8) is 0 Å². The van der Waals surface area contributed by atoms with Gasteiger partial charge >= 0.3 is 0 Å². The maximum atomic E-state index is 12.8. The van der Waals surface area contributed by atoms with E-state index in [0.717, 1.165) is 12.7 Å². The quantitative estimate of drug-likeness (QED) is 0.783. The molecule has 0 aromatic heterocycles. The fraction of sp³-hybridized carbons (Fsp3) is 1.00. The van der Waals surface area contributed by atoms with E-state index >= 15 is 0 Å². The van der Waals surface area contributed by atoms with Crippen LogP contribution in [0.15, 0.2) is 0 Å². The first kappa shape index (κ1) is 18.1. The molecular weight excluding hydrogens is 326 g/mol. The molecule has 7 nitrogen and oxygen atoms in total. The molecule has 22 heavy (non-hydrogen) atoms. The van der Waals surface area contributed by atoms with Crippen LogP contribution in [0.5, 0.6) is 0 Å². The van der Waals surface area contributed by atoms with E-state index < -0.39 is 20.2 Å². The van der Waals surface area contributed by atoms with Crippen LogP contribution in [0.2, 0.25) is 0 Å². The van der Waals surface area contributed by atoms with Gasteiger partial charge in [-0.1, -0.05) is 13.8 Å². The summed E-state index contributed by atoms with van der Waals surface area (Å²) in [5, 5.41) is 0. The molecule has 0 saturated carbocycles. The molecule has 2 fully saturated rings. The van der Waals surface area contributed by atoms with Crippen LogP contribution in [0, 0.1) is 11.8 Å². The summed E-state index contributed by atoms with van der Waals surface area (Å²) >= 11 is 0. The Kier molecular flexibility index (Phi) is 5.54. The van der Waals surface area contributed by atoms with Crippen molar-refractivity contribution in [3.8, 4) is 0 Å². The zero-order valence-electron chi connectivity index (χ0n) is 13.5. The molecule has 2 heterocycles. The number of nitrogens with zero attached hydrogens (tertiary/aromatic N) is 2. The highest BCUT2D eigenvalue weighted by Crippen LogP contribution is 2.26. The van der Waals surface area contributed by atoms with E-state index in [1.165, 1.54) is 4.31 Å². The number of nitrogens with one attached hydrogen (secondary N) is 1. The number of rotatable bonds is 4. The molecule has 2 aliphatic rings. The number of sulfonamides is 1. The molecule has 9 heteroatoms. The molecule has 0 spiro atoms. The first-order chi connectivity index (χ1) is 10.1. The zero-order chi connectivity index (χ0) is 16.5. The Morgan fingerprint density at radius 2 is 1.55 bits per heavy atom. The molecule has 130 valence electrons. The lowest BCUT2D eigenvalue weighted by molar-refractivity contribution is 0.200. The van der Waals surface area contributed by atoms with Crippen molar-refractivity contribution in [1.29, 1.82) is 0 Å². The Morgan fingerprint density at radius 3 is 2.09 bits per heavy atom. The third kappa shape index (κ3) is 4.64. The van der Waals surface area contributed by atoms with Crippen LogP contribution >= 0.6 is 0 Å². The predicted molar refractivity (Wildman–Crippen MR) is 86.0 cm³/mol. The first-order valence-corrected chi connectivity index (χ1v) is 11.1. The minimum Gasteiger partial charge on any atom is -0.213 e. The Morgan fingerprint density at radius 1 is 0.955 bits per heavy atom. The van der Waals surface area contributed by atoms with E-state index in [-0.39, 0.29) is 12.6 Å². The highest BCUT2D eigenvalue weighted by molar-refractivity contribution is 7.88. The van der Waals surface area contributed by atoms with Crippen molar-refractivity contribution < 1.29 is 16.8 Å². The maximum absolute atomic E-state index is 12.8. The van der Waals surface area contributed by atoms with Crippen LogP contribution in [0.4, 0.5) is 0 Å². The van der Waals surface area contributed by atoms with Gasteiger partial charge in [0.05, 0.1) is 6.26 Å². The van der Waals surface area contributed by atoms with Crippen molar-refractivity contribution in [2.24, 2.45) is 11.8 Å². The lowest BCUT2D eigenvalue weighted by atomic mass is 9.94. The second-order valence-electron chi connectivity index (χ2n) is 6.86. The van der Waals surface area contributed by atoms with Crippen LogP contribution in [-0.2, 0) is 20.2 Å². The Bertz CT molecular complexity index is 580. The summed E-state index contributed by atoms with van der Waals surface area (Å²) in [5.74, 6) is 0.710. The second kappa shape index (κ2) is 6.72. The van der Waals surface area contributed by atoms with Crippen LogP contribution in [0.3, 0.4) is 0 Å². The maximum Gasteiger partial charge on any atom is 0.282 e. The molecule has 0 unspecified atom stereocenters. The highest BCUT2D eigenvalue weighted by Gasteiger charge is 2.37. The molecule has 0 aromatic rings. The summed E-state index contributed by atoms with van der Waals surface area (Å²) in [7, 11) is -6.83. The van der Waals surface area contributed by atoms with Crippen molar-refractivity contribution in [3.05, 3.63) is 0 Å². The summed E-state index contributed by atoms with van der Waals surface area (Å²) in [6, 6.07) is -0.335. The predicted octanol–water partition coefficient (Wildman–Crippen LogP) is 0.223. The molecule has 2 aliphatic heterocycles. The van der Waals surface area contributed by atoms with Crippen LogP contribution in [0.1, 0.15) is 33.1 Å². The average molecular weight is 354 g/mol. The fourth-order valence-electron chi connectivity index (χ4n) is 3.51. The van der Waals surface area contributed by atoms with E-state index in [4.69, 9.17) is 0 Å². The van der Waals surface area contributed by atoms with Gasteiger partial charge in [0, 0.05) is 32.2 Å². The van der Waals surface area contributed by atoms with E-state index in [1.807, 2.05) is 0 Å². The number of piperidine rings is 2. The third-order valence-electron chi connectivity index (χ3n) is 4.25. The van der Waals surface area contributed by atoms with Crippen LogP contribution in [-0.4, -0.2) is 63.9 Å². The van der Waals surface area contributed by atoms with E-state index in [1.54, 1.807) is 4.31 Å². The lowest BCUT2D eigenvalue weighted by Gasteiger charge is -2.39. The lowest BCUT2D eigenvalue weighted by Crippen LogP contribution is -2.55. The molecule has 0 aliphatic carbocycles. The number of hydrogen-bond acceptors (Lipinski definition) is 4. The second-order valence-corrected chi connectivity index (χ2v) is 10.6. The Balaban J connectivity index is 2.08. The van der Waals surface area contributed by atoms with E-state index in [2.05, 4.69) is 18.6 Å². The van der Waals surface area contributed by atoms with Crippen molar-refractivity contribution >= 4 is 20.2 Å². The topological polar surface area (TPSA) is 86.8 Å². The standard InChI is InChI=1S/C13H27N3O4S2/c1-11-7-12(2)9-16(8-11)22(19,20)15-6-4-5-13(10-15)14-21(3,17)18/h11-14H,4-10H2,1-3H3/t11-,12-,13-/m1/s1. The van der Waals surface area contributed by atoms with Gasteiger partial charge in [-0.15, -0.1) is 0 Å². The van der Waals surface area contributed by atoms with Crippen molar-refractivity contribution in [1.82, 2.24) is 13.3 Å². The summed E-state index contributed by atoms with van der Waals surface area (Å²) in [6.45, 7) is 5.92. The smallest absolute Gasteiger partial charge is 0.213 e. The normalized spacial score (nSPS) is 33.0. The SMILES string of the molecule is C[C@@H]1C[C@@H](C)CN(S(=O)(=O)N2CCC[C@@H](NS(C)(=O)=O)C2)C1. The summed E-state index contributed by atoms with van der Waals surface area (Å²) in [4.78, 5) is 0. The van der Waals surface area contributed by atoms with Crippen molar-refractivity contribution in [2.45, 2.75) is 39.2 Å². The Labute approximate surface area is 134 Å². The van der Waals surface area contributed by atoms with Gasteiger partial charge in [-0.05, 0) is 31.1 Å². The van der Waals surface area contributed by atoms with Crippen molar-refractivity contribution in [2.75, 3.05) is 32.4 Å². The summed E-state index contributed by atoms with van der Waals surface area (Å²) in [6.07, 6.45) is 3.50. The molecule has 0 aromatic carbocycles. The molecular formula is C13H27N3O4S2. The van der Waals surface area contributed by atoms with Crippen LogP contribution in [0.25, 0.3) is 0 Å². The molecule has 0 amide bonds. The van der Waals surface area contributed by atoms with Gasteiger partial charge < -0.3 is 0 Å². The van der Waals surface area contributed by atoms with Gasteiger partial charge in [0.2, 0.25) is 10.0 Å². The summed E-state index contributed by atoms with van der Waals surface area (Å²) in [5.41, 5.74) is 0. The van der Waals surface area contributed by atoms with E-state index in [9.17, 15) is 16.8 Å².